The monoisotopic (exact) mass is 215 g/mol. The minimum absolute atomic E-state index is 0.00423. The average Bonchev–Trinajstić information content (AvgIpc) is 2.09. The molecule has 0 spiro atoms. The molecule has 14 heavy (non-hydrogen) atoms. The fourth-order valence-corrected chi connectivity index (χ4v) is 1.02. The van der Waals surface area contributed by atoms with Gasteiger partial charge in [0.2, 0.25) is 0 Å². The van der Waals surface area contributed by atoms with E-state index in [0.29, 0.717) is 12.3 Å². The Morgan fingerprint density at radius 2 is 2.07 bits per heavy atom. The predicted molar refractivity (Wildman–Crippen MR) is 53.0 cm³/mol. The van der Waals surface area contributed by atoms with Crippen LogP contribution in [-0.4, -0.2) is 5.88 Å². The second-order valence-corrected chi connectivity index (χ2v) is 2.97. The van der Waals surface area contributed by atoms with Crippen molar-refractivity contribution in [2.24, 2.45) is 0 Å². The zero-order chi connectivity index (χ0) is 10.6. The lowest BCUT2D eigenvalue weighted by atomic mass is 10.1. The minimum Gasteiger partial charge on any atom is -0.398 e. The van der Waals surface area contributed by atoms with Crippen molar-refractivity contribution in [1.82, 2.24) is 0 Å². The maximum absolute atomic E-state index is 13.1. The first-order chi connectivity index (χ1) is 6.65. The molecule has 0 saturated carbocycles. The van der Waals surface area contributed by atoms with Crippen LogP contribution in [0.15, 0.2) is 12.1 Å². The average molecular weight is 216 g/mol. The molecule has 0 atom stereocenters. The van der Waals surface area contributed by atoms with E-state index in [2.05, 4.69) is 11.8 Å². The van der Waals surface area contributed by atoms with Gasteiger partial charge in [-0.25, -0.2) is 8.78 Å². The maximum atomic E-state index is 13.1. The van der Waals surface area contributed by atoms with E-state index in [1.807, 2.05) is 0 Å². The highest BCUT2D eigenvalue weighted by Crippen LogP contribution is 2.16. The van der Waals surface area contributed by atoms with Crippen molar-refractivity contribution in [2.75, 3.05) is 11.6 Å². The van der Waals surface area contributed by atoms with Crippen LogP contribution in [0.1, 0.15) is 12.0 Å². The summed E-state index contributed by atoms with van der Waals surface area (Å²) in [6.07, 6.45) is 0.442. The molecule has 1 rings (SSSR count). The van der Waals surface area contributed by atoms with E-state index in [0.717, 1.165) is 12.1 Å². The topological polar surface area (TPSA) is 26.0 Å². The predicted octanol–water partition coefficient (Wildman–Crippen LogP) is 2.53. The van der Waals surface area contributed by atoms with Crippen LogP contribution in [0.5, 0.6) is 0 Å². The molecule has 1 nitrogen and oxygen atoms in total. The molecule has 1 aromatic rings. The number of alkyl halides is 1. The third-order valence-corrected chi connectivity index (χ3v) is 1.71. The fraction of sp³-hybridized carbons (Fsp3) is 0.200. The summed E-state index contributed by atoms with van der Waals surface area (Å²) >= 11 is 5.39. The number of benzene rings is 1. The number of rotatable bonds is 1. The van der Waals surface area contributed by atoms with Gasteiger partial charge < -0.3 is 5.73 Å². The smallest absolute Gasteiger partial charge is 0.143 e. The van der Waals surface area contributed by atoms with E-state index >= 15 is 0 Å². The Labute approximate surface area is 85.9 Å². The highest BCUT2D eigenvalue weighted by atomic mass is 35.5. The highest BCUT2D eigenvalue weighted by molar-refractivity contribution is 6.18. The Balaban J connectivity index is 3.04. The molecule has 0 fully saturated rings. The lowest BCUT2D eigenvalue weighted by molar-refractivity contribution is 0.582. The molecule has 0 saturated heterocycles. The standard InChI is InChI=1S/C10H8ClF2N/c11-4-2-1-3-8-9(13)5-7(12)6-10(8)14/h5-6H,2,4,14H2. The molecular weight excluding hydrogens is 208 g/mol. The van der Waals surface area contributed by atoms with Gasteiger partial charge in [-0.2, -0.15) is 0 Å². The normalized spacial score (nSPS) is 9.36. The van der Waals surface area contributed by atoms with Crippen LogP contribution >= 0.6 is 11.6 Å². The molecular formula is C10H8ClF2N. The molecule has 0 bridgehead atoms. The van der Waals surface area contributed by atoms with E-state index in [1.165, 1.54) is 0 Å². The number of hydrogen-bond donors (Lipinski definition) is 1. The van der Waals surface area contributed by atoms with Gasteiger partial charge in [0.05, 0.1) is 11.3 Å². The molecule has 0 aliphatic rings. The van der Waals surface area contributed by atoms with E-state index in [9.17, 15) is 8.78 Å². The second kappa shape index (κ2) is 4.83. The summed E-state index contributed by atoms with van der Waals surface area (Å²) in [4.78, 5) is 0. The summed E-state index contributed by atoms with van der Waals surface area (Å²) in [5.74, 6) is 4.06. The number of anilines is 1. The van der Waals surface area contributed by atoms with E-state index in [-0.39, 0.29) is 11.3 Å². The van der Waals surface area contributed by atoms with Gasteiger partial charge in [-0.05, 0) is 6.07 Å². The minimum atomic E-state index is -0.746. The van der Waals surface area contributed by atoms with Gasteiger partial charge in [-0.3, -0.25) is 0 Å². The van der Waals surface area contributed by atoms with Crippen LogP contribution in [0.2, 0.25) is 0 Å². The number of halogens is 3. The van der Waals surface area contributed by atoms with Crippen LogP contribution in [0.4, 0.5) is 14.5 Å². The van der Waals surface area contributed by atoms with Crippen molar-refractivity contribution < 1.29 is 8.78 Å². The van der Waals surface area contributed by atoms with Crippen LogP contribution in [0.25, 0.3) is 0 Å². The zero-order valence-corrected chi connectivity index (χ0v) is 8.04. The number of nitrogens with two attached hydrogens (primary N) is 1. The Hall–Kier alpha value is -1.27. The van der Waals surface area contributed by atoms with Gasteiger partial charge in [0.25, 0.3) is 0 Å². The molecule has 1 aromatic carbocycles. The summed E-state index contributed by atoms with van der Waals surface area (Å²) in [7, 11) is 0. The summed E-state index contributed by atoms with van der Waals surface area (Å²) in [5.41, 5.74) is 5.42. The van der Waals surface area contributed by atoms with E-state index in [4.69, 9.17) is 17.3 Å². The summed E-state index contributed by atoms with van der Waals surface area (Å²) in [6.45, 7) is 0. The van der Waals surface area contributed by atoms with Gasteiger partial charge in [-0.15, -0.1) is 11.6 Å². The molecule has 0 radical (unpaired) electrons. The lowest BCUT2D eigenvalue weighted by Crippen LogP contribution is -1.95. The fourth-order valence-electron chi connectivity index (χ4n) is 0.924. The molecule has 0 amide bonds. The molecule has 0 heterocycles. The first-order valence-electron chi connectivity index (χ1n) is 3.94. The van der Waals surface area contributed by atoms with Crippen LogP contribution in [-0.2, 0) is 0 Å². The molecule has 0 aliphatic carbocycles. The zero-order valence-electron chi connectivity index (χ0n) is 7.28. The largest absolute Gasteiger partial charge is 0.398 e. The van der Waals surface area contributed by atoms with Crippen molar-refractivity contribution in [1.29, 1.82) is 0 Å². The van der Waals surface area contributed by atoms with Crippen molar-refractivity contribution in [3.8, 4) is 11.8 Å². The Morgan fingerprint density at radius 1 is 1.36 bits per heavy atom. The van der Waals surface area contributed by atoms with Gasteiger partial charge >= 0.3 is 0 Å². The van der Waals surface area contributed by atoms with Crippen molar-refractivity contribution in [3.63, 3.8) is 0 Å². The first kappa shape index (κ1) is 10.8. The van der Waals surface area contributed by atoms with Gasteiger partial charge in [0, 0.05) is 18.4 Å². The number of hydrogen-bond acceptors (Lipinski definition) is 1. The van der Waals surface area contributed by atoms with Crippen LogP contribution < -0.4 is 5.73 Å². The molecule has 74 valence electrons. The van der Waals surface area contributed by atoms with Gasteiger partial charge in [-0.1, -0.05) is 11.8 Å². The van der Waals surface area contributed by atoms with Crippen molar-refractivity contribution >= 4 is 17.3 Å². The van der Waals surface area contributed by atoms with Crippen LogP contribution in [0.3, 0.4) is 0 Å². The summed E-state index contributed by atoms with van der Waals surface area (Å²) in [5, 5.41) is 0. The molecule has 0 aliphatic heterocycles. The molecule has 0 unspecified atom stereocenters. The van der Waals surface area contributed by atoms with Crippen molar-refractivity contribution in [3.05, 3.63) is 29.3 Å². The Kier molecular flexibility index (Phi) is 3.73. The number of nitrogen functional groups attached to an aromatic ring is 1. The Bertz CT molecular complexity index is 370. The SMILES string of the molecule is Nc1cc(F)cc(F)c1C#CCCCl. The second-order valence-electron chi connectivity index (χ2n) is 2.59. The summed E-state index contributed by atoms with van der Waals surface area (Å²) < 4.78 is 25.7. The molecule has 2 N–H and O–H groups in total. The Morgan fingerprint density at radius 3 is 2.64 bits per heavy atom. The lowest BCUT2D eigenvalue weighted by Gasteiger charge is -1.99. The third-order valence-electron chi connectivity index (χ3n) is 1.52. The quantitative estimate of drug-likeness (QED) is 0.435. The van der Waals surface area contributed by atoms with Gasteiger partial charge in [0.1, 0.15) is 11.6 Å². The maximum Gasteiger partial charge on any atom is 0.143 e. The molecule has 4 heteroatoms. The highest BCUT2D eigenvalue weighted by Gasteiger charge is 2.05. The van der Waals surface area contributed by atoms with Gasteiger partial charge in [0.15, 0.2) is 0 Å². The van der Waals surface area contributed by atoms with Crippen molar-refractivity contribution in [2.45, 2.75) is 6.42 Å². The van der Waals surface area contributed by atoms with Crippen LogP contribution in [0, 0.1) is 23.5 Å². The third kappa shape index (κ3) is 2.61. The first-order valence-corrected chi connectivity index (χ1v) is 4.48. The van der Waals surface area contributed by atoms with E-state index < -0.39 is 11.6 Å². The molecule has 0 aromatic heterocycles. The summed E-state index contributed by atoms with van der Waals surface area (Å²) in [6, 6.07) is 1.79. The van der Waals surface area contributed by atoms with E-state index in [1.54, 1.807) is 0 Å².